The molecule has 2 rings (SSSR count). The van der Waals surface area contributed by atoms with E-state index < -0.39 is 5.82 Å². The maximum atomic E-state index is 13.2. The van der Waals surface area contributed by atoms with Gasteiger partial charge < -0.3 is 10.5 Å². The van der Waals surface area contributed by atoms with E-state index in [4.69, 9.17) is 10.5 Å². The number of rotatable bonds is 3. The van der Waals surface area contributed by atoms with Crippen molar-refractivity contribution >= 4 is 21.6 Å². The molecule has 2 N–H and O–H groups in total. The summed E-state index contributed by atoms with van der Waals surface area (Å²) in [5.41, 5.74) is 6.06. The summed E-state index contributed by atoms with van der Waals surface area (Å²) < 4.78 is 32.3. The molecule has 0 aliphatic rings. The van der Waals surface area contributed by atoms with Crippen LogP contribution >= 0.6 is 15.9 Å². The summed E-state index contributed by atoms with van der Waals surface area (Å²) in [6, 6.07) is 8.48. The van der Waals surface area contributed by atoms with Gasteiger partial charge in [-0.25, -0.2) is 8.78 Å². The molecule has 0 aromatic heterocycles. The molecule has 2 aromatic carbocycles. The first-order valence-corrected chi connectivity index (χ1v) is 5.97. The lowest BCUT2D eigenvalue weighted by Gasteiger charge is -2.08. The van der Waals surface area contributed by atoms with Crippen LogP contribution < -0.4 is 10.5 Å². The molecule has 18 heavy (non-hydrogen) atoms. The Morgan fingerprint density at radius 2 is 1.89 bits per heavy atom. The van der Waals surface area contributed by atoms with E-state index in [0.29, 0.717) is 11.3 Å². The molecule has 0 heterocycles. The Balaban J connectivity index is 2.11. The molecule has 0 spiro atoms. The molecule has 0 fully saturated rings. The highest BCUT2D eigenvalue weighted by molar-refractivity contribution is 9.10. The van der Waals surface area contributed by atoms with Crippen LogP contribution in [0.15, 0.2) is 40.9 Å². The zero-order chi connectivity index (χ0) is 13.1. The molecule has 0 radical (unpaired) electrons. The Bertz CT molecular complexity index is 575. The van der Waals surface area contributed by atoms with Gasteiger partial charge in [-0.3, -0.25) is 0 Å². The third-order valence-corrected chi connectivity index (χ3v) is 3.15. The molecule has 0 saturated carbocycles. The van der Waals surface area contributed by atoms with Gasteiger partial charge in [-0.05, 0) is 30.3 Å². The van der Waals surface area contributed by atoms with Crippen molar-refractivity contribution in [3.05, 3.63) is 58.1 Å². The van der Waals surface area contributed by atoms with E-state index in [9.17, 15) is 8.78 Å². The second-order valence-corrected chi connectivity index (χ2v) is 4.56. The zero-order valence-electron chi connectivity index (χ0n) is 9.29. The van der Waals surface area contributed by atoms with Gasteiger partial charge in [0, 0.05) is 16.1 Å². The van der Waals surface area contributed by atoms with E-state index in [1.165, 1.54) is 24.3 Å². The van der Waals surface area contributed by atoms with Crippen LogP contribution in [0, 0.1) is 11.6 Å². The number of nitrogens with two attached hydrogens (primary N) is 1. The molecule has 0 aliphatic heterocycles. The third kappa shape index (κ3) is 2.98. The fourth-order valence-electron chi connectivity index (χ4n) is 1.41. The first-order chi connectivity index (χ1) is 8.56. The molecule has 0 saturated heterocycles. The van der Waals surface area contributed by atoms with Crippen molar-refractivity contribution in [3.63, 3.8) is 0 Å². The van der Waals surface area contributed by atoms with Crippen molar-refractivity contribution in [2.24, 2.45) is 0 Å². The average Bonchev–Trinajstić information content (AvgIpc) is 2.34. The number of hydrogen-bond acceptors (Lipinski definition) is 2. The summed E-state index contributed by atoms with van der Waals surface area (Å²) >= 11 is 3.29. The molecule has 0 atom stereocenters. The van der Waals surface area contributed by atoms with E-state index in [1.54, 1.807) is 12.1 Å². The summed E-state index contributed by atoms with van der Waals surface area (Å²) in [5, 5.41) is 0. The Morgan fingerprint density at radius 1 is 1.11 bits per heavy atom. The maximum absolute atomic E-state index is 13.2. The minimum atomic E-state index is -0.536. The normalized spacial score (nSPS) is 10.4. The van der Waals surface area contributed by atoms with Gasteiger partial charge in [-0.2, -0.15) is 0 Å². The van der Waals surface area contributed by atoms with E-state index in [0.717, 1.165) is 4.47 Å². The number of anilines is 1. The zero-order valence-corrected chi connectivity index (χ0v) is 10.9. The van der Waals surface area contributed by atoms with Crippen LogP contribution in [-0.4, -0.2) is 0 Å². The monoisotopic (exact) mass is 313 g/mol. The van der Waals surface area contributed by atoms with Crippen LogP contribution in [0.25, 0.3) is 0 Å². The highest BCUT2D eigenvalue weighted by atomic mass is 79.9. The lowest BCUT2D eigenvalue weighted by molar-refractivity contribution is 0.303. The van der Waals surface area contributed by atoms with Gasteiger partial charge in [0.05, 0.1) is 5.69 Å². The van der Waals surface area contributed by atoms with Crippen molar-refractivity contribution in [2.75, 3.05) is 5.73 Å². The van der Waals surface area contributed by atoms with Crippen molar-refractivity contribution in [1.29, 1.82) is 0 Å². The van der Waals surface area contributed by atoms with Crippen LogP contribution in [0.4, 0.5) is 14.5 Å². The molecule has 2 nitrogen and oxygen atoms in total. The molecule has 5 heteroatoms. The predicted molar refractivity (Wildman–Crippen MR) is 69.2 cm³/mol. The van der Waals surface area contributed by atoms with Gasteiger partial charge in [0.25, 0.3) is 0 Å². The van der Waals surface area contributed by atoms with Crippen LogP contribution in [0.3, 0.4) is 0 Å². The standard InChI is InChI=1S/C13H10BrF2NO/c14-11-3-1-9(15)5-8(11)7-18-10-2-4-13(17)12(16)6-10/h1-6H,7,17H2. The van der Waals surface area contributed by atoms with Crippen LogP contribution in [0.5, 0.6) is 5.75 Å². The molecular formula is C13H10BrF2NO. The maximum Gasteiger partial charge on any atom is 0.149 e. The second kappa shape index (κ2) is 5.35. The summed E-state index contributed by atoms with van der Waals surface area (Å²) in [7, 11) is 0. The van der Waals surface area contributed by atoms with Crippen LogP contribution in [-0.2, 0) is 6.61 Å². The first kappa shape index (κ1) is 12.8. The first-order valence-electron chi connectivity index (χ1n) is 5.18. The molecule has 0 amide bonds. The van der Waals surface area contributed by atoms with Crippen molar-refractivity contribution in [3.8, 4) is 5.75 Å². The van der Waals surface area contributed by atoms with E-state index in [1.807, 2.05) is 0 Å². The van der Waals surface area contributed by atoms with Gasteiger partial charge in [-0.15, -0.1) is 0 Å². The van der Waals surface area contributed by atoms with Crippen molar-refractivity contribution in [1.82, 2.24) is 0 Å². The van der Waals surface area contributed by atoms with Crippen LogP contribution in [0.1, 0.15) is 5.56 Å². The highest BCUT2D eigenvalue weighted by Crippen LogP contribution is 2.22. The lowest BCUT2D eigenvalue weighted by atomic mass is 10.2. The number of halogens is 3. The third-order valence-electron chi connectivity index (χ3n) is 2.37. The number of ether oxygens (including phenoxy) is 1. The Kier molecular flexibility index (Phi) is 3.81. The van der Waals surface area contributed by atoms with Crippen LogP contribution in [0.2, 0.25) is 0 Å². The van der Waals surface area contributed by atoms with E-state index >= 15 is 0 Å². The molecular weight excluding hydrogens is 304 g/mol. The Labute approximate surface area is 112 Å². The topological polar surface area (TPSA) is 35.2 Å². The Morgan fingerprint density at radius 3 is 2.61 bits per heavy atom. The van der Waals surface area contributed by atoms with Crippen molar-refractivity contribution in [2.45, 2.75) is 6.61 Å². The molecule has 94 valence electrons. The second-order valence-electron chi connectivity index (χ2n) is 3.71. The van der Waals surface area contributed by atoms with E-state index in [2.05, 4.69) is 15.9 Å². The molecule has 0 bridgehead atoms. The average molecular weight is 314 g/mol. The van der Waals surface area contributed by atoms with Gasteiger partial charge in [0.1, 0.15) is 24.0 Å². The minimum Gasteiger partial charge on any atom is -0.489 e. The molecule has 0 unspecified atom stereocenters. The lowest BCUT2D eigenvalue weighted by Crippen LogP contribution is -1.98. The summed E-state index contributed by atoms with van der Waals surface area (Å²) in [6.45, 7) is 0.141. The fourth-order valence-corrected chi connectivity index (χ4v) is 1.77. The van der Waals surface area contributed by atoms with Gasteiger partial charge in [0.2, 0.25) is 0 Å². The summed E-state index contributed by atoms with van der Waals surface area (Å²) in [6.07, 6.45) is 0. The van der Waals surface area contributed by atoms with Crippen molar-refractivity contribution < 1.29 is 13.5 Å². The predicted octanol–water partition coefficient (Wildman–Crippen LogP) is 3.89. The minimum absolute atomic E-state index is 0.0642. The summed E-state index contributed by atoms with van der Waals surface area (Å²) in [5.74, 6) is -0.538. The molecule has 0 aliphatic carbocycles. The van der Waals surface area contributed by atoms with Gasteiger partial charge in [-0.1, -0.05) is 15.9 Å². The number of hydrogen-bond donors (Lipinski definition) is 1. The smallest absolute Gasteiger partial charge is 0.149 e. The quantitative estimate of drug-likeness (QED) is 0.873. The number of nitrogen functional groups attached to an aromatic ring is 1. The SMILES string of the molecule is Nc1ccc(OCc2cc(F)ccc2Br)cc1F. The Hall–Kier alpha value is -1.62. The number of benzene rings is 2. The molecule has 2 aromatic rings. The van der Waals surface area contributed by atoms with Gasteiger partial charge in [0.15, 0.2) is 0 Å². The van der Waals surface area contributed by atoms with E-state index in [-0.39, 0.29) is 18.1 Å². The fraction of sp³-hybridized carbons (Fsp3) is 0.0769. The largest absolute Gasteiger partial charge is 0.489 e. The highest BCUT2D eigenvalue weighted by Gasteiger charge is 2.05. The van der Waals surface area contributed by atoms with Gasteiger partial charge >= 0.3 is 0 Å². The summed E-state index contributed by atoms with van der Waals surface area (Å²) in [4.78, 5) is 0.